The number of rotatable bonds is 3. The van der Waals surface area contributed by atoms with Crippen LogP contribution in [0.25, 0.3) is 0 Å². The lowest BCUT2D eigenvalue weighted by molar-refractivity contribution is -0.180. The van der Waals surface area contributed by atoms with Crippen LogP contribution in [0.15, 0.2) is 24.3 Å². The van der Waals surface area contributed by atoms with Gasteiger partial charge in [0.1, 0.15) is 5.60 Å². The summed E-state index contributed by atoms with van der Waals surface area (Å²) in [5, 5.41) is 3.28. The van der Waals surface area contributed by atoms with E-state index in [9.17, 15) is 19.2 Å². The Morgan fingerprint density at radius 2 is 1.71 bits per heavy atom. The van der Waals surface area contributed by atoms with E-state index < -0.39 is 34.9 Å². The lowest BCUT2D eigenvalue weighted by atomic mass is 9.89. The molecule has 1 N–H and O–H groups in total. The van der Waals surface area contributed by atoms with Crippen molar-refractivity contribution < 1.29 is 28.8 Å². The Labute approximate surface area is 163 Å². The fourth-order valence-corrected chi connectivity index (χ4v) is 3.47. The van der Waals surface area contributed by atoms with Gasteiger partial charge >= 0.3 is 12.1 Å². The lowest BCUT2D eigenvalue weighted by Crippen LogP contribution is -2.41. The number of hydroxylamine groups is 2. The first-order chi connectivity index (χ1) is 13.0. The van der Waals surface area contributed by atoms with Gasteiger partial charge in [-0.1, -0.05) is 17.2 Å². The number of ether oxygens (including phenoxy) is 1. The van der Waals surface area contributed by atoms with Gasteiger partial charge in [-0.15, -0.1) is 0 Å². The minimum atomic E-state index is -0.922. The molecule has 1 aromatic carbocycles. The average molecular weight is 388 g/mol. The van der Waals surface area contributed by atoms with Crippen molar-refractivity contribution in [3.63, 3.8) is 0 Å². The van der Waals surface area contributed by atoms with Crippen molar-refractivity contribution in [3.05, 3.63) is 35.4 Å². The van der Waals surface area contributed by atoms with Gasteiger partial charge in [0, 0.05) is 6.04 Å². The first-order valence-electron chi connectivity index (χ1n) is 9.20. The number of benzene rings is 1. The summed E-state index contributed by atoms with van der Waals surface area (Å²) in [5.74, 6) is -1.98. The average Bonchev–Trinajstić information content (AvgIpc) is 3.08. The first kappa shape index (κ1) is 19.9. The molecule has 1 saturated carbocycles. The zero-order valence-electron chi connectivity index (χ0n) is 16.4. The van der Waals surface area contributed by atoms with E-state index in [1.54, 1.807) is 39.8 Å². The molecular weight excluding hydrogens is 364 g/mol. The molecule has 8 nitrogen and oxygen atoms in total. The molecular formula is C20H24N2O6. The third-order valence-electron chi connectivity index (χ3n) is 4.89. The summed E-state index contributed by atoms with van der Waals surface area (Å²) >= 11 is 0. The molecule has 150 valence electrons. The predicted molar refractivity (Wildman–Crippen MR) is 98.1 cm³/mol. The van der Waals surface area contributed by atoms with E-state index in [-0.39, 0.29) is 17.2 Å². The number of imide groups is 1. The maximum Gasteiger partial charge on any atom is 0.407 e. The van der Waals surface area contributed by atoms with E-state index in [1.807, 2.05) is 0 Å². The van der Waals surface area contributed by atoms with E-state index in [0.29, 0.717) is 24.3 Å². The second kappa shape index (κ2) is 6.92. The molecule has 28 heavy (non-hydrogen) atoms. The molecule has 0 spiro atoms. The fraction of sp³-hybridized carbons (Fsp3) is 0.500. The van der Waals surface area contributed by atoms with Crippen LogP contribution in [0.3, 0.4) is 0 Å². The Bertz CT molecular complexity index is 808. The number of amides is 3. The zero-order chi connectivity index (χ0) is 20.7. The van der Waals surface area contributed by atoms with Crippen LogP contribution in [0.2, 0.25) is 0 Å². The number of hydrogen-bond donors (Lipinski definition) is 1. The number of nitrogens with zero attached hydrogens (tertiary/aromatic N) is 1. The summed E-state index contributed by atoms with van der Waals surface area (Å²) < 4.78 is 5.24. The molecule has 0 bridgehead atoms. The molecule has 3 rings (SSSR count). The normalized spacial score (nSPS) is 24.1. The summed E-state index contributed by atoms with van der Waals surface area (Å²) in [7, 11) is 0. The van der Waals surface area contributed by atoms with Crippen molar-refractivity contribution in [2.75, 3.05) is 0 Å². The number of carbonyl (C=O) groups excluding carboxylic acids is 4. The van der Waals surface area contributed by atoms with Gasteiger partial charge in [0.2, 0.25) is 0 Å². The zero-order valence-corrected chi connectivity index (χ0v) is 16.4. The number of alkyl carbamates (subject to hydrolysis) is 1. The number of fused-ring (bicyclic) bond motifs is 1. The Hall–Kier alpha value is -2.90. The topological polar surface area (TPSA) is 102 Å². The van der Waals surface area contributed by atoms with Crippen molar-refractivity contribution in [2.45, 2.75) is 58.6 Å². The second-order valence-corrected chi connectivity index (χ2v) is 8.48. The van der Waals surface area contributed by atoms with E-state index in [4.69, 9.17) is 9.57 Å². The van der Waals surface area contributed by atoms with Crippen molar-refractivity contribution in [1.82, 2.24) is 10.4 Å². The highest BCUT2D eigenvalue weighted by atomic mass is 16.7. The molecule has 2 atom stereocenters. The van der Waals surface area contributed by atoms with Crippen LogP contribution in [0.1, 0.15) is 67.7 Å². The highest BCUT2D eigenvalue weighted by Crippen LogP contribution is 2.40. The summed E-state index contributed by atoms with van der Waals surface area (Å²) in [4.78, 5) is 54.6. The minimum Gasteiger partial charge on any atom is -0.444 e. The van der Waals surface area contributed by atoms with Crippen molar-refractivity contribution >= 4 is 23.9 Å². The molecule has 0 unspecified atom stereocenters. The standard InChI is InChI=1S/C20H24N2O6/c1-19(2,3)27-18(26)21-12-9-10-20(4,11-12)17(25)28-22-15(23)13-7-5-6-8-14(13)16(22)24/h5-8,12H,9-11H2,1-4H3,(H,21,26)/t12-,20-/m1/s1. The van der Waals surface area contributed by atoms with Crippen molar-refractivity contribution in [1.29, 1.82) is 0 Å². The van der Waals surface area contributed by atoms with Crippen LogP contribution in [-0.4, -0.2) is 40.6 Å². The van der Waals surface area contributed by atoms with Crippen molar-refractivity contribution in [3.8, 4) is 0 Å². The predicted octanol–water partition coefficient (Wildman–Crippen LogP) is 2.82. The summed E-state index contributed by atoms with van der Waals surface area (Å²) in [6.07, 6.45) is 0.798. The van der Waals surface area contributed by atoms with Crippen LogP contribution < -0.4 is 5.32 Å². The minimum absolute atomic E-state index is 0.210. The third-order valence-corrected chi connectivity index (χ3v) is 4.89. The van der Waals surface area contributed by atoms with Crippen LogP contribution >= 0.6 is 0 Å². The SMILES string of the molecule is CC(C)(C)OC(=O)N[C@@H]1CC[C@@](C)(C(=O)ON2C(=O)c3ccccc3C2=O)C1. The molecule has 0 radical (unpaired) electrons. The van der Waals surface area contributed by atoms with Crippen molar-refractivity contribution in [2.24, 2.45) is 5.41 Å². The van der Waals surface area contributed by atoms with Gasteiger partial charge in [-0.3, -0.25) is 9.59 Å². The molecule has 3 amide bonds. The van der Waals surface area contributed by atoms with Crippen LogP contribution in [-0.2, 0) is 14.4 Å². The Morgan fingerprint density at radius 3 is 2.25 bits per heavy atom. The summed E-state index contributed by atoms with van der Waals surface area (Å²) in [5.41, 5.74) is -1.12. The Morgan fingerprint density at radius 1 is 1.14 bits per heavy atom. The first-order valence-corrected chi connectivity index (χ1v) is 9.20. The van der Waals surface area contributed by atoms with Gasteiger partial charge in [-0.25, -0.2) is 9.59 Å². The summed E-state index contributed by atoms with van der Waals surface area (Å²) in [6, 6.07) is 6.05. The largest absolute Gasteiger partial charge is 0.444 e. The lowest BCUT2D eigenvalue weighted by Gasteiger charge is -2.25. The molecule has 1 aliphatic heterocycles. The van der Waals surface area contributed by atoms with Gasteiger partial charge in [0.05, 0.1) is 16.5 Å². The highest BCUT2D eigenvalue weighted by Gasteiger charge is 2.47. The molecule has 8 heteroatoms. The number of hydrogen-bond acceptors (Lipinski definition) is 6. The van der Waals surface area contributed by atoms with E-state index in [1.165, 1.54) is 12.1 Å². The molecule has 0 aromatic heterocycles. The van der Waals surface area contributed by atoms with Gasteiger partial charge in [0.15, 0.2) is 0 Å². The van der Waals surface area contributed by atoms with Gasteiger partial charge in [-0.05, 0) is 59.1 Å². The monoisotopic (exact) mass is 388 g/mol. The quantitative estimate of drug-likeness (QED) is 0.799. The van der Waals surface area contributed by atoms with E-state index in [0.717, 1.165) is 0 Å². The second-order valence-electron chi connectivity index (χ2n) is 8.48. The van der Waals surface area contributed by atoms with Crippen LogP contribution in [0, 0.1) is 5.41 Å². The van der Waals surface area contributed by atoms with Gasteiger partial charge < -0.3 is 14.9 Å². The molecule has 1 aromatic rings. The van der Waals surface area contributed by atoms with E-state index in [2.05, 4.69) is 5.32 Å². The maximum atomic E-state index is 12.7. The van der Waals surface area contributed by atoms with E-state index >= 15 is 0 Å². The number of nitrogens with one attached hydrogen (secondary N) is 1. The van der Waals surface area contributed by atoms with Crippen LogP contribution in [0.5, 0.6) is 0 Å². The third kappa shape index (κ3) is 3.85. The van der Waals surface area contributed by atoms with Gasteiger partial charge in [-0.2, -0.15) is 0 Å². The summed E-state index contributed by atoms with van der Waals surface area (Å²) in [6.45, 7) is 7.00. The molecule has 1 fully saturated rings. The number of carbonyl (C=O) groups is 4. The molecule has 1 aliphatic carbocycles. The Kier molecular flexibility index (Phi) is 4.91. The van der Waals surface area contributed by atoms with Gasteiger partial charge in [0.25, 0.3) is 11.8 Å². The highest BCUT2D eigenvalue weighted by molar-refractivity contribution is 6.20. The Balaban J connectivity index is 1.62. The van der Waals surface area contributed by atoms with Crippen LogP contribution in [0.4, 0.5) is 4.79 Å². The maximum absolute atomic E-state index is 12.7. The molecule has 2 aliphatic rings. The molecule has 0 saturated heterocycles. The fourth-order valence-electron chi connectivity index (χ4n) is 3.47. The molecule has 1 heterocycles. The smallest absolute Gasteiger partial charge is 0.407 e.